The summed E-state index contributed by atoms with van der Waals surface area (Å²) in [6.07, 6.45) is -0.739. The van der Waals surface area contributed by atoms with E-state index in [1.807, 2.05) is 26.1 Å². The van der Waals surface area contributed by atoms with E-state index in [-0.39, 0.29) is 11.5 Å². The van der Waals surface area contributed by atoms with Crippen LogP contribution in [-0.2, 0) is 16.4 Å². The van der Waals surface area contributed by atoms with Gasteiger partial charge in [0.2, 0.25) is 5.91 Å². The molecule has 8 heteroatoms. The van der Waals surface area contributed by atoms with E-state index in [1.54, 1.807) is 17.9 Å². The second-order valence-electron chi connectivity index (χ2n) is 9.54. The van der Waals surface area contributed by atoms with Crippen LogP contribution in [0.2, 0.25) is 0 Å². The Hall–Kier alpha value is -3.16. The van der Waals surface area contributed by atoms with E-state index in [2.05, 4.69) is 15.3 Å². The molecular formula is C26H27F3N4O. The maximum atomic E-state index is 13.4. The quantitative estimate of drug-likeness (QED) is 0.495. The zero-order chi connectivity index (χ0) is 24.4. The summed E-state index contributed by atoms with van der Waals surface area (Å²) in [5.41, 5.74) is 2.21. The Morgan fingerprint density at radius 1 is 1.12 bits per heavy atom. The first-order valence-electron chi connectivity index (χ1n) is 11.6. The number of fused-ring (bicyclic) bond motifs is 3. The van der Waals surface area contributed by atoms with E-state index in [0.29, 0.717) is 22.7 Å². The fraction of sp³-hybridized carbons (Fsp3) is 0.423. The normalized spacial score (nSPS) is 18.1. The second kappa shape index (κ2) is 7.68. The molecule has 1 aromatic heterocycles. The van der Waals surface area contributed by atoms with Gasteiger partial charge in [-0.15, -0.1) is 0 Å². The van der Waals surface area contributed by atoms with Gasteiger partial charge in [-0.2, -0.15) is 13.2 Å². The Labute approximate surface area is 196 Å². The van der Waals surface area contributed by atoms with Crippen LogP contribution in [0, 0.1) is 13.8 Å². The summed E-state index contributed by atoms with van der Waals surface area (Å²) in [6, 6.07) is 7.79. The van der Waals surface area contributed by atoms with Crippen LogP contribution in [0.1, 0.15) is 66.7 Å². The van der Waals surface area contributed by atoms with Gasteiger partial charge < -0.3 is 10.2 Å². The number of carbonyl (C=O) groups is 1. The summed E-state index contributed by atoms with van der Waals surface area (Å²) in [5, 5.41) is 4.11. The Balaban J connectivity index is 1.61. The van der Waals surface area contributed by atoms with Gasteiger partial charge in [0.1, 0.15) is 11.6 Å². The van der Waals surface area contributed by atoms with Gasteiger partial charge in [-0.1, -0.05) is 25.0 Å². The number of carbonyl (C=O) groups excluding carboxylic acids is 1. The zero-order valence-corrected chi connectivity index (χ0v) is 19.7. The number of amides is 1. The summed E-state index contributed by atoms with van der Waals surface area (Å²) >= 11 is 0. The van der Waals surface area contributed by atoms with Crippen molar-refractivity contribution in [3.63, 3.8) is 0 Å². The predicted molar refractivity (Wildman–Crippen MR) is 126 cm³/mol. The fourth-order valence-electron chi connectivity index (χ4n) is 5.77. The number of benzene rings is 2. The highest BCUT2D eigenvalue weighted by molar-refractivity contribution is 6.10. The number of likely N-dealkylation sites (N-methyl/N-ethyl adjacent to an activating group) is 1. The van der Waals surface area contributed by atoms with Gasteiger partial charge in [-0.3, -0.25) is 4.79 Å². The van der Waals surface area contributed by atoms with Crippen LogP contribution in [0.3, 0.4) is 0 Å². The third-order valence-electron chi connectivity index (χ3n) is 7.47. The molecule has 0 bridgehead atoms. The van der Waals surface area contributed by atoms with E-state index in [0.717, 1.165) is 48.4 Å². The van der Waals surface area contributed by atoms with Gasteiger partial charge in [0, 0.05) is 18.1 Å². The molecule has 178 valence electrons. The molecule has 1 aliphatic carbocycles. The van der Waals surface area contributed by atoms with Crippen molar-refractivity contribution in [3.05, 3.63) is 58.4 Å². The van der Waals surface area contributed by atoms with Gasteiger partial charge in [-0.25, -0.2) is 9.97 Å². The van der Waals surface area contributed by atoms with Crippen molar-refractivity contribution < 1.29 is 18.0 Å². The van der Waals surface area contributed by atoms with Crippen LogP contribution in [0.15, 0.2) is 30.3 Å². The minimum Gasteiger partial charge on any atom is -0.363 e. The molecule has 1 amide bonds. The standard InChI is InChI=1S/C26H27F3N4O/c1-14-17(8-7-9-19(14)26(27,28)29)15(2)30-23-18-12-20-22(13-21(18)31-16(3)32-23)33(4)24(34)25(20)10-5-6-11-25/h7-9,12-13,15H,5-6,10-11H2,1-4H3,(H,30,31,32)/t15-/m1/s1. The van der Waals surface area contributed by atoms with Gasteiger partial charge in [0.15, 0.2) is 0 Å². The maximum Gasteiger partial charge on any atom is 0.416 e. The first-order chi connectivity index (χ1) is 16.0. The zero-order valence-electron chi connectivity index (χ0n) is 19.7. The molecule has 1 spiro atoms. The third-order valence-corrected chi connectivity index (χ3v) is 7.47. The Kier molecular flexibility index (Phi) is 5.11. The minimum atomic E-state index is -4.41. The predicted octanol–water partition coefficient (Wildman–Crippen LogP) is 6.23. The largest absolute Gasteiger partial charge is 0.416 e. The van der Waals surface area contributed by atoms with Crippen molar-refractivity contribution in [1.29, 1.82) is 0 Å². The summed E-state index contributed by atoms with van der Waals surface area (Å²) < 4.78 is 40.3. The molecule has 5 nitrogen and oxygen atoms in total. The van der Waals surface area contributed by atoms with Crippen molar-refractivity contribution >= 4 is 28.3 Å². The van der Waals surface area contributed by atoms with Crippen molar-refractivity contribution in [2.75, 3.05) is 17.3 Å². The van der Waals surface area contributed by atoms with E-state index in [9.17, 15) is 18.0 Å². The first-order valence-corrected chi connectivity index (χ1v) is 11.6. The van der Waals surface area contributed by atoms with Crippen molar-refractivity contribution in [1.82, 2.24) is 9.97 Å². The fourth-order valence-corrected chi connectivity index (χ4v) is 5.77. The number of hydrogen-bond acceptors (Lipinski definition) is 4. The van der Waals surface area contributed by atoms with E-state index in [1.165, 1.54) is 13.0 Å². The van der Waals surface area contributed by atoms with E-state index in [4.69, 9.17) is 0 Å². The number of aryl methyl sites for hydroxylation is 1. The lowest BCUT2D eigenvalue weighted by Crippen LogP contribution is -2.36. The van der Waals surface area contributed by atoms with E-state index >= 15 is 0 Å². The lowest BCUT2D eigenvalue weighted by atomic mass is 9.79. The molecule has 0 unspecified atom stereocenters. The number of nitrogens with zero attached hydrogens (tertiary/aromatic N) is 3. The molecule has 1 aliphatic heterocycles. The maximum absolute atomic E-state index is 13.4. The summed E-state index contributed by atoms with van der Waals surface area (Å²) in [6.45, 7) is 5.11. The summed E-state index contributed by atoms with van der Waals surface area (Å²) in [7, 11) is 1.81. The van der Waals surface area contributed by atoms with Gasteiger partial charge in [-0.05, 0) is 68.5 Å². The number of anilines is 2. The van der Waals surface area contributed by atoms with Gasteiger partial charge in [0.05, 0.1) is 22.5 Å². The van der Waals surface area contributed by atoms with Gasteiger partial charge in [0.25, 0.3) is 0 Å². The van der Waals surface area contributed by atoms with Crippen LogP contribution >= 0.6 is 0 Å². The van der Waals surface area contributed by atoms with Crippen molar-refractivity contribution in [2.24, 2.45) is 0 Å². The van der Waals surface area contributed by atoms with Crippen LogP contribution in [0.25, 0.3) is 10.9 Å². The molecule has 0 radical (unpaired) electrons. The number of aromatic nitrogens is 2. The first kappa shape index (κ1) is 22.6. The van der Waals surface area contributed by atoms with Crippen molar-refractivity contribution in [3.8, 4) is 0 Å². The SMILES string of the molecule is Cc1nc(N[C@H](C)c2cccc(C(F)(F)F)c2C)c2cc3c(cc2n1)N(C)C(=O)C31CCCC1. The molecule has 34 heavy (non-hydrogen) atoms. The molecule has 3 aromatic rings. The number of nitrogens with one attached hydrogen (secondary N) is 1. The third kappa shape index (κ3) is 3.34. The molecule has 1 fully saturated rings. The van der Waals surface area contributed by atoms with Gasteiger partial charge >= 0.3 is 6.18 Å². The van der Waals surface area contributed by atoms with Crippen molar-refractivity contribution in [2.45, 2.75) is 64.1 Å². The second-order valence-corrected chi connectivity index (χ2v) is 9.54. The monoisotopic (exact) mass is 468 g/mol. The van der Waals surface area contributed by atoms with E-state index < -0.39 is 23.2 Å². The molecule has 1 N–H and O–H groups in total. The molecule has 5 rings (SSSR count). The Bertz CT molecular complexity index is 1310. The van der Waals surface area contributed by atoms with Crippen LogP contribution in [-0.4, -0.2) is 22.9 Å². The number of halogens is 3. The Morgan fingerprint density at radius 2 is 1.82 bits per heavy atom. The molecule has 0 saturated heterocycles. The van der Waals surface area contributed by atoms with Crippen LogP contribution < -0.4 is 10.2 Å². The highest BCUT2D eigenvalue weighted by Gasteiger charge is 2.51. The van der Waals surface area contributed by atoms with Crippen LogP contribution in [0.5, 0.6) is 0 Å². The molecule has 1 saturated carbocycles. The molecular weight excluding hydrogens is 441 g/mol. The number of hydrogen-bond donors (Lipinski definition) is 1. The average Bonchev–Trinajstić information content (AvgIpc) is 3.33. The highest BCUT2D eigenvalue weighted by Crippen LogP contribution is 2.52. The smallest absolute Gasteiger partial charge is 0.363 e. The summed E-state index contributed by atoms with van der Waals surface area (Å²) in [4.78, 5) is 24.1. The average molecular weight is 469 g/mol. The molecule has 2 aliphatic rings. The summed E-state index contributed by atoms with van der Waals surface area (Å²) in [5.74, 6) is 1.23. The molecule has 2 heterocycles. The van der Waals surface area contributed by atoms with Crippen LogP contribution in [0.4, 0.5) is 24.7 Å². The minimum absolute atomic E-state index is 0.127. The topological polar surface area (TPSA) is 58.1 Å². The molecule has 2 aromatic carbocycles. The molecule has 1 atom stereocenters. The number of rotatable bonds is 3. The number of alkyl halides is 3. The lowest BCUT2D eigenvalue weighted by molar-refractivity contribution is -0.138. The Morgan fingerprint density at radius 3 is 2.50 bits per heavy atom. The lowest BCUT2D eigenvalue weighted by Gasteiger charge is -2.23. The highest BCUT2D eigenvalue weighted by atomic mass is 19.4.